The molecule has 1 fully saturated rings. The number of nitrogens with two attached hydrogens (primary N) is 1. The number of nitrogens with zero attached hydrogens (tertiary/aromatic N) is 1. The van der Waals surface area contributed by atoms with Crippen LogP contribution in [0.1, 0.15) is 24.0 Å². The molecule has 0 saturated carbocycles. The minimum Gasteiger partial charge on any atom is -0.326 e. The number of hydrogen-bond donors (Lipinski definition) is 2. The van der Waals surface area contributed by atoms with Gasteiger partial charge in [0.2, 0.25) is 10.0 Å². The van der Waals surface area contributed by atoms with Gasteiger partial charge in [0.25, 0.3) is 0 Å². The summed E-state index contributed by atoms with van der Waals surface area (Å²) in [6.45, 7) is 3.58. The minimum atomic E-state index is -3.52. The zero-order valence-corrected chi connectivity index (χ0v) is 14.8. The zero-order valence-electron chi connectivity index (χ0n) is 12.4. The lowest BCUT2D eigenvalue weighted by atomic mass is 10.1. The lowest BCUT2D eigenvalue weighted by Gasteiger charge is -2.20. The number of likely N-dealkylation sites (N-methyl/N-ethyl adjacent to an activating group) is 1. The highest BCUT2D eigenvalue weighted by Gasteiger charge is 2.25. The average Bonchev–Trinajstić information content (AvgIpc) is 2.84. The van der Waals surface area contributed by atoms with Crippen molar-refractivity contribution in [1.29, 1.82) is 0 Å². The highest BCUT2D eigenvalue weighted by atomic mass is 79.9. The molecule has 1 aliphatic heterocycles. The molecule has 0 aliphatic carbocycles. The number of sulfonamides is 1. The van der Waals surface area contributed by atoms with Gasteiger partial charge < -0.3 is 10.6 Å². The van der Waals surface area contributed by atoms with E-state index in [1.54, 1.807) is 13.0 Å². The Kier molecular flexibility index (Phi) is 5.43. The molecule has 1 atom stereocenters. The predicted molar refractivity (Wildman–Crippen MR) is 87.6 cm³/mol. The number of rotatable bonds is 5. The molecule has 5 nitrogen and oxygen atoms in total. The summed E-state index contributed by atoms with van der Waals surface area (Å²) in [6.07, 6.45) is 2.15. The highest BCUT2D eigenvalue weighted by molar-refractivity contribution is 9.10. The van der Waals surface area contributed by atoms with Crippen molar-refractivity contribution in [3.8, 4) is 0 Å². The monoisotopic (exact) mass is 375 g/mol. The molecule has 1 saturated heterocycles. The van der Waals surface area contributed by atoms with Crippen LogP contribution in [0.2, 0.25) is 0 Å². The third-order valence-electron chi connectivity index (χ3n) is 4.06. The fraction of sp³-hybridized carbons (Fsp3) is 0.571. The van der Waals surface area contributed by atoms with Crippen LogP contribution in [-0.2, 0) is 16.6 Å². The van der Waals surface area contributed by atoms with Gasteiger partial charge >= 0.3 is 0 Å². The number of hydrogen-bond acceptors (Lipinski definition) is 4. The second-order valence-electron chi connectivity index (χ2n) is 5.53. The second kappa shape index (κ2) is 6.75. The molecule has 1 unspecified atom stereocenters. The van der Waals surface area contributed by atoms with Crippen molar-refractivity contribution in [2.24, 2.45) is 5.73 Å². The Balaban J connectivity index is 2.21. The maximum Gasteiger partial charge on any atom is 0.240 e. The van der Waals surface area contributed by atoms with Crippen LogP contribution in [0.15, 0.2) is 21.5 Å². The molecule has 0 spiro atoms. The lowest BCUT2D eigenvalue weighted by Crippen LogP contribution is -2.38. The van der Waals surface area contributed by atoms with E-state index < -0.39 is 10.0 Å². The second-order valence-corrected chi connectivity index (χ2v) is 8.12. The predicted octanol–water partition coefficient (Wildman–Crippen LogP) is 1.59. The van der Waals surface area contributed by atoms with Crippen molar-refractivity contribution >= 4 is 26.0 Å². The Morgan fingerprint density at radius 3 is 2.76 bits per heavy atom. The van der Waals surface area contributed by atoms with E-state index in [1.807, 2.05) is 13.1 Å². The molecule has 0 bridgehead atoms. The average molecular weight is 376 g/mol. The summed E-state index contributed by atoms with van der Waals surface area (Å²) in [4.78, 5) is 2.50. The maximum absolute atomic E-state index is 12.5. The van der Waals surface area contributed by atoms with Gasteiger partial charge in [-0.2, -0.15) is 0 Å². The number of likely N-dealkylation sites (tertiary alicyclic amines) is 1. The summed E-state index contributed by atoms with van der Waals surface area (Å²) in [6, 6.07) is 3.79. The van der Waals surface area contributed by atoms with Crippen LogP contribution in [0.4, 0.5) is 0 Å². The lowest BCUT2D eigenvalue weighted by molar-refractivity contribution is 0.311. The molecular weight excluding hydrogens is 354 g/mol. The van der Waals surface area contributed by atoms with E-state index >= 15 is 0 Å². The smallest absolute Gasteiger partial charge is 0.240 e. The molecule has 1 aliphatic rings. The fourth-order valence-electron chi connectivity index (χ4n) is 2.62. The van der Waals surface area contributed by atoms with Gasteiger partial charge in [0, 0.05) is 23.6 Å². The molecule has 2 rings (SSSR count). The van der Waals surface area contributed by atoms with Crippen LogP contribution in [0.3, 0.4) is 0 Å². The maximum atomic E-state index is 12.5. The van der Waals surface area contributed by atoms with Crippen molar-refractivity contribution < 1.29 is 8.42 Å². The van der Waals surface area contributed by atoms with E-state index in [0.717, 1.165) is 29.4 Å². The first-order valence-corrected chi connectivity index (χ1v) is 9.31. The number of nitrogens with one attached hydrogen (secondary N) is 1. The Morgan fingerprint density at radius 1 is 1.48 bits per heavy atom. The fourth-order valence-corrected chi connectivity index (χ4v) is 4.65. The van der Waals surface area contributed by atoms with Crippen molar-refractivity contribution in [3.05, 3.63) is 27.7 Å². The molecule has 1 aromatic carbocycles. The Hall–Kier alpha value is -0.470. The van der Waals surface area contributed by atoms with Gasteiger partial charge in [0.05, 0.1) is 4.90 Å². The summed E-state index contributed by atoms with van der Waals surface area (Å²) in [5.41, 5.74) is 7.13. The van der Waals surface area contributed by atoms with Crippen molar-refractivity contribution in [1.82, 2.24) is 9.62 Å². The Labute approximate surface area is 135 Å². The van der Waals surface area contributed by atoms with Gasteiger partial charge in [-0.25, -0.2) is 13.1 Å². The first-order valence-electron chi connectivity index (χ1n) is 7.04. The van der Waals surface area contributed by atoms with E-state index in [-0.39, 0.29) is 6.04 Å². The van der Waals surface area contributed by atoms with Gasteiger partial charge in [-0.1, -0.05) is 15.9 Å². The third kappa shape index (κ3) is 3.84. The van der Waals surface area contributed by atoms with Crippen LogP contribution in [0.5, 0.6) is 0 Å². The van der Waals surface area contributed by atoms with Crippen LogP contribution in [0, 0.1) is 6.92 Å². The molecule has 3 N–H and O–H groups in total. The normalized spacial score (nSPS) is 20.1. The molecule has 0 aromatic heterocycles. The summed E-state index contributed by atoms with van der Waals surface area (Å²) in [7, 11) is -1.49. The topological polar surface area (TPSA) is 75.4 Å². The minimum absolute atomic E-state index is 0.279. The molecule has 118 valence electrons. The van der Waals surface area contributed by atoms with E-state index in [1.165, 1.54) is 0 Å². The van der Waals surface area contributed by atoms with Crippen LogP contribution in [0.25, 0.3) is 0 Å². The summed E-state index contributed by atoms with van der Waals surface area (Å²) >= 11 is 3.40. The molecule has 0 radical (unpaired) electrons. The van der Waals surface area contributed by atoms with Gasteiger partial charge in [0.15, 0.2) is 0 Å². The number of benzene rings is 1. The van der Waals surface area contributed by atoms with Crippen molar-refractivity contribution in [2.75, 3.05) is 20.1 Å². The highest BCUT2D eigenvalue weighted by Crippen LogP contribution is 2.26. The van der Waals surface area contributed by atoms with Gasteiger partial charge in [-0.05, 0) is 56.6 Å². The third-order valence-corrected chi connectivity index (χ3v) is 6.44. The first-order chi connectivity index (χ1) is 9.85. The SMILES string of the molecule is Cc1c(Br)cc(CN)cc1S(=O)(=O)NCC1CCCN1C. The zero-order chi connectivity index (χ0) is 15.6. The van der Waals surface area contributed by atoms with Gasteiger partial charge in [-0.3, -0.25) is 0 Å². The van der Waals surface area contributed by atoms with E-state index in [0.29, 0.717) is 23.5 Å². The Bertz CT molecular complexity index is 619. The van der Waals surface area contributed by atoms with Gasteiger partial charge in [0.1, 0.15) is 0 Å². The summed E-state index contributed by atoms with van der Waals surface area (Å²) in [5.74, 6) is 0. The van der Waals surface area contributed by atoms with Gasteiger partial charge in [-0.15, -0.1) is 0 Å². The first kappa shape index (κ1) is 16.9. The largest absolute Gasteiger partial charge is 0.326 e. The standard InChI is InChI=1S/C14H22BrN3O2S/c1-10-13(15)6-11(8-16)7-14(10)21(19,20)17-9-12-4-3-5-18(12)2/h6-7,12,17H,3-5,8-9,16H2,1-2H3. The van der Waals surface area contributed by atoms with Crippen LogP contribution in [-0.4, -0.2) is 39.5 Å². The molecule has 21 heavy (non-hydrogen) atoms. The van der Waals surface area contributed by atoms with Crippen LogP contribution < -0.4 is 10.5 Å². The summed E-state index contributed by atoms with van der Waals surface area (Å²) < 4.78 is 28.6. The molecule has 1 aromatic rings. The van der Waals surface area contributed by atoms with E-state index in [4.69, 9.17) is 5.73 Å². The quantitative estimate of drug-likeness (QED) is 0.819. The molecule has 1 heterocycles. The summed E-state index contributed by atoms with van der Waals surface area (Å²) in [5, 5.41) is 0. The van der Waals surface area contributed by atoms with Crippen molar-refractivity contribution in [2.45, 2.75) is 37.2 Å². The number of halogens is 1. The van der Waals surface area contributed by atoms with E-state index in [9.17, 15) is 8.42 Å². The molecular formula is C14H22BrN3O2S. The van der Waals surface area contributed by atoms with E-state index in [2.05, 4.69) is 25.6 Å². The Morgan fingerprint density at radius 2 is 2.19 bits per heavy atom. The van der Waals surface area contributed by atoms with Crippen LogP contribution >= 0.6 is 15.9 Å². The molecule has 0 amide bonds. The van der Waals surface area contributed by atoms with Crippen molar-refractivity contribution in [3.63, 3.8) is 0 Å². The molecule has 7 heteroatoms.